The van der Waals surface area contributed by atoms with Crippen molar-refractivity contribution in [2.75, 3.05) is 37.5 Å². The third-order valence-electron chi connectivity index (χ3n) is 7.86. The van der Waals surface area contributed by atoms with Gasteiger partial charge in [-0.1, -0.05) is 48.0 Å². The Morgan fingerprint density at radius 3 is 2.41 bits per heavy atom. The second-order valence-corrected chi connectivity index (χ2v) is 11.4. The van der Waals surface area contributed by atoms with Crippen molar-refractivity contribution in [2.24, 2.45) is 7.05 Å². The van der Waals surface area contributed by atoms with Gasteiger partial charge in [0.15, 0.2) is 5.82 Å². The molecule has 2 unspecified atom stereocenters. The molecule has 1 saturated heterocycles. The molecule has 236 valence electrons. The summed E-state index contributed by atoms with van der Waals surface area (Å²) in [4.78, 5) is 37.3. The van der Waals surface area contributed by atoms with Crippen LogP contribution in [0.15, 0.2) is 78.4 Å². The van der Waals surface area contributed by atoms with E-state index in [1.54, 1.807) is 30.1 Å². The molecule has 0 aliphatic carbocycles. The molecule has 1 amide bonds. The molecule has 2 N–H and O–H groups in total. The van der Waals surface area contributed by atoms with E-state index in [0.717, 1.165) is 11.5 Å². The van der Waals surface area contributed by atoms with Crippen LogP contribution in [0, 0.1) is 0 Å². The summed E-state index contributed by atoms with van der Waals surface area (Å²) in [5.41, 5.74) is 1.46. The van der Waals surface area contributed by atoms with Crippen LogP contribution in [0.1, 0.15) is 0 Å². The lowest BCUT2D eigenvalue weighted by Gasteiger charge is -2.20. The molecule has 0 spiro atoms. The Morgan fingerprint density at radius 1 is 1.04 bits per heavy atom. The molecule has 14 heteroatoms. The Morgan fingerprint density at radius 2 is 1.74 bits per heavy atom. The molecule has 2 atom stereocenters. The summed E-state index contributed by atoms with van der Waals surface area (Å²) in [6.07, 6.45) is 4.74. The molecule has 0 bridgehead atoms. The zero-order chi connectivity index (χ0) is 32.5. The maximum atomic E-state index is 13.7. The molecule has 1 fully saturated rings. The number of carbonyl (C=O) groups is 1. The number of rotatable bonds is 9. The SMILES string of the molecule is C=CC(=O)NC1CN(c2ccn(-c3ccccc3)n2)CC1Nc1ncc2cc(-c3c(Cl)c(OC)cc(OC)c3Cl)c(=O)n(C)c2n1. The summed E-state index contributed by atoms with van der Waals surface area (Å²) in [5.74, 6) is 1.37. The summed E-state index contributed by atoms with van der Waals surface area (Å²) in [6.45, 7) is 4.58. The normalized spacial score (nSPS) is 16.0. The first kappa shape index (κ1) is 30.9. The lowest BCUT2D eigenvalue weighted by Crippen LogP contribution is -2.45. The van der Waals surface area contributed by atoms with Crippen LogP contribution in [0.3, 0.4) is 0 Å². The van der Waals surface area contributed by atoms with E-state index in [0.29, 0.717) is 35.6 Å². The van der Waals surface area contributed by atoms with Crippen LogP contribution in [-0.4, -0.2) is 69.6 Å². The van der Waals surface area contributed by atoms with Gasteiger partial charge in [0, 0.05) is 55.6 Å². The van der Waals surface area contributed by atoms with Crippen molar-refractivity contribution in [3.05, 3.63) is 94.0 Å². The lowest BCUT2D eigenvalue weighted by atomic mass is 10.0. The van der Waals surface area contributed by atoms with E-state index in [9.17, 15) is 9.59 Å². The fraction of sp³-hybridized carbons (Fsp3) is 0.219. The van der Waals surface area contributed by atoms with Gasteiger partial charge in [-0.25, -0.2) is 9.67 Å². The second kappa shape index (κ2) is 12.7. The van der Waals surface area contributed by atoms with Crippen molar-refractivity contribution >= 4 is 51.9 Å². The van der Waals surface area contributed by atoms with Crippen LogP contribution in [0.2, 0.25) is 10.0 Å². The van der Waals surface area contributed by atoms with Crippen molar-refractivity contribution in [1.29, 1.82) is 0 Å². The summed E-state index contributed by atoms with van der Waals surface area (Å²) in [6, 6.07) is 14.3. The number of hydrogen-bond donors (Lipinski definition) is 2. The highest BCUT2D eigenvalue weighted by molar-refractivity contribution is 6.41. The molecule has 0 saturated carbocycles. The lowest BCUT2D eigenvalue weighted by molar-refractivity contribution is -0.117. The highest BCUT2D eigenvalue weighted by Gasteiger charge is 2.35. The molecular weight excluding hydrogens is 631 g/mol. The molecule has 5 aromatic rings. The minimum absolute atomic E-state index is 0.177. The average molecular weight is 662 g/mol. The van der Waals surface area contributed by atoms with E-state index in [1.165, 1.54) is 24.9 Å². The van der Waals surface area contributed by atoms with Crippen molar-refractivity contribution < 1.29 is 14.3 Å². The predicted molar refractivity (Wildman–Crippen MR) is 179 cm³/mol. The molecule has 3 aromatic heterocycles. The first-order valence-corrected chi connectivity index (χ1v) is 15.0. The number of fused-ring (bicyclic) bond motifs is 1. The molecule has 1 aliphatic heterocycles. The topological polar surface area (TPSA) is 128 Å². The van der Waals surface area contributed by atoms with E-state index in [4.69, 9.17) is 37.8 Å². The van der Waals surface area contributed by atoms with Gasteiger partial charge in [-0.05, 0) is 24.3 Å². The smallest absolute Gasteiger partial charge is 0.259 e. The minimum Gasteiger partial charge on any atom is -0.495 e. The Kier molecular flexibility index (Phi) is 8.57. The zero-order valence-electron chi connectivity index (χ0n) is 25.2. The third kappa shape index (κ3) is 5.72. The van der Waals surface area contributed by atoms with E-state index in [2.05, 4.69) is 32.1 Å². The molecular formula is C32H30Cl2N8O4. The molecule has 0 radical (unpaired) electrons. The Balaban J connectivity index is 1.31. The molecule has 12 nitrogen and oxygen atoms in total. The van der Waals surface area contributed by atoms with Crippen LogP contribution >= 0.6 is 23.2 Å². The maximum absolute atomic E-state index is 13.7. The number of para-hydroxylation sites is 1. The van der Waals surface area contributed by atoms with E-state index >= 15 is 0 Å². The number of halogens is 2. The van der Waals surface area contributed by atoms with Gasteiger partial charge in [0.1, 0.15) is 17.1 Å². The number of anilines is 2. The number of nitrogens with one attached hydrogen (secondary N) is 2. The Labute approximate surface area is 274 Å². The molecule has 6 rings (SSSR count). The molecule has 46 heavy (non-hydrogen) atoms. The zero-order valence-corrected chi connectivity index (χ0v) is 26.7. The summed E-state index contributed by atoms with van der Waals surface area (Å²) in [5, 5.41) is 12.0. The van der Waals surface area contributed by atoms with Gasteiger partial charge in [0.2, 0.25) is 11.9 Å². The largest absolute Gasteiger partial charge is 0.495 e. The van der Waals surface area contributed by atoms with Gasteiger partial charge < -0.3 is 25.0 Å². The number of methoxy groups -OCH3 is 2. The number of carbonyl (C=O) groups excluding carboxylic acids is 1. The average Bonchev–Trinajstić information content (AvgIpc) is 3.72. The van der Waals surface area contributed by atoms with Crippen LogP contribution in [0.25, 0.3) is 27.8 Å². The monoisotopic (exact) mass is 660 g/mol. The number of ether oxygens (including phenoxy) is 2. The van der Waals surface area contributed by atoms with Gasteiger partial charge in [0.25, 0.3) is 5.56 Å². The van der Waals surface area contributed by atoms with Gasteiger partial charge in [-0.15, -0.1) is 0 Å². The van der Waals surface area contributed by atoms with Gasteiger partial charge >= 0.3 is 0 Å². The summed E-state index contributed by atoms with van der Waals surface area (Å²) >= 11 is 13.2. The van der Waals surface area contributed by atoms with Crippen LogP contribution in [0.5, 0.6) is 11.5 Å². The molecule has 1 aliphatic rings. The quantitative estimate of drug-likeness (QED) is 0.220. The highest BCUT2D eigenvalue weighted by atomic mass is 35.5. The fourth-order valence-corrected chi connectivity index (χ4v) is 6.22. The number of hydrogen-bond acceptors (Lipinski definition) is 9. The number of benzene rings is 2. The fourth-order valence-electron chi connectivity index (χ4n) is 5.52. The second-order valence-electron chi connectivity index (χ2n) is 10.6. The van der Waals surface area contributed by atoms with Crippen LogP contribution in [-0.2, 0) is 11.8 Å². The maximum Gasteiger partial charge on any atom is 0.259 e. The van der Waals surface area contributed by atoms with Crippen molar-refractivity contribution in [2.45, 2.75) is 12.1 Å². The number of amides is 1. The van der Waals surface area contributed by atoms with E-state index in [-0.39, 0.29) is 50.7 Å². The number of aryl methyl sites for hydroxylation is 1. The number of aromatic nitrogens is 5. The van der Waals surface area contributed by atoms with Crippen molar-refractivity contribution in [1.82, 2.24) is 29.6 Å². The predicted octanol–water partition coefficient (Wildman–Crippen LogP) is 4.48. The standard InChI is InChI=1S/C32H30Cl2N8O4/c1-5-26(43)36-21-16-41(25-11-12-42(39-25)19-9-7-6-8-10-19)17-22(21)37-32-35-15-18-13-20(31(44)40(2)30(18)38-32)27-28(33)23(45-3)14-24(46-4)29(27)34/h5-15,21-22H,1,16-17H2,2-4H3,(H,36,43)(H,35,37,38). The van der Waals surface area contributed by atoms with Gasteiger partial charge in [-0.2, -0.15) is 10.1 Å². The van der Waals surface area contributed by atoms with Gasteiger partial charge in [-0.3, -0.25) is 14.2 Å². The first-order chi connectivity index (χ1) is 22.2. The molecule has 4 heterocycles. The first-order valence-electron chi connectivity index (χ1n) is 14.2. The van der Waals surface area contributed by atoms with Gasteiger partial charge in [0.05, 0.1) is 47.6 Å². The van der Waals surface area contributed by atoms with Crippen LogP contribution < -0.4 is 30.6 Å². The molecule has 2 aromatic carbocycles. The van der Waals surface area contributed by atoms with E-state index in [1.807, 2.05) is 42.6 Å². The highest BCUT2D eigenvalue weighted by Crippen LogP contribution is 2.45. The summed E-state index contributed by atoms with van der Waals surface area (Å²) < 4.78 is 14.0. The van der Waals surface area contributed by atoms with Crippen molar-refractivity contribution in [3.63, 3.8) is 0 Å². The number of nitrogens with zero attached hydrogens (tertiary/aromatic N) is 6. The summed E-state index contributed by atoms with van der Waals surface area (Å²) in [7, 11) is 4.54. The van der Waals surface area contributed by atoms with Crippen LogP contribution in [0.4, 0.5) is 11.8 Å². The van der Waals surface area contributed by atoms with E-state index < -0.39 is 0 Å². The van der Waals surface area contributed by atoms with Crippen molar-refractivity contribution in [3.8, 4) is 28.3 Å². The number of pyridine rings is 1. The Hall–Kier alpha value is -5.07. The Bertz CT molecular complexity index is 1990. The minimum atomic E-state index is -0.381. The third-order valence-corrected chi connectivity index (χ3v) is 8.61.